The maximum absolute atomic E-state index is 12.9. The smallest absolute Gasteiger partial charge is 0.255 e. The third-order valence-corrected chi connectivity index (χ3v) is 5.54. The minimum Gasteiger partial charge on any atom is -0.383 e. The van der Waals surface area contributed by atoms with E-state index < -0.39 is 0 Å². The second-order valence-corrected chi connectivity index (χ2v) is 8.05. The van der Waals surface area contributed by atoms with Crippen molar-refractivity contribution in [3.8, 4) is 0 Å². The summed E-state index contributed by atoms with van der Waals surface area (Å²) in [6, 6.07) is 12.2. The fraction of sp³-hybridized carbons (Fsp3) is 0.391. The van der Waals surface area contributed by atoms with Crippen molar-refractivity contribution in [1.82, 2.24) is 5.32 Å². The number of benzene rings is 2. The molecule has 0 bridgehead atoms. The van der Waals surface area contributed by atoms with Gasteiger partial charge >= 0.3 is 0 Å². The lowest BCUT2D eigenvalue weighted by Crippen LogP contribution is -2.35. The van der Waals surface area contributed by atoms with Crippen LogP contribution < -0.4 is 15.5 Å². The van der Waals surface area contributed by atoms with Gasteiger partial charge in [0.1, 0.15) is 0 Å². The summed E-state index contributed by atoms with van der Waals surface area (Å²) in [6.07, 6.45) is 2.19. The lowest BCUT2D eigenvalue weighted by Gasteiger charge is -2.33. The van der Waals surface area contributed by atoms with Crippen LogP contribution in [0, 0.1) is 5.92 Å². The first-order valence-electron chi connectivity index (χ1n) is 10.2. The summed E-state index contributed by atoms with van der Waals surface area (Å²) in [4.78, 5) is 27.7. The number of hydrogen-bond donors (Lipinski definition) is 2. The van der Waals surface area contributed by atoms with Gasteiger partial charge in [0.25, 0.3) is 11.8 Å². The number of anilines is 2. The zero-order valence-corrected chi connectivity index (χ0v) is 18.2. The van der Waals surface area contributed by atoms with Crippen molar-refractivity contribution in [1.29, 1.82) is 0 Å². The number of nitrogens with one attached hydrogen (secondary N) is 2. The molecule has 6 nitrogen and oxygen atoms in total. The molecule has 0 unspecified atom stereocenters. The Bertz CT molecular complexity index is 895. The van der Waals surface area contributed by atoms with Crippen molar-refractivity contribution in [3.05, 3.63) is 58.6 Å². The molecule has 1 aliphatic rings. The highest BCUT2D eigenvalue weighted by molar-refractivity contribution is 6.31. The molecular formula is C23H28ClN3O3. The van der Waals surface area contributed by atoms with Crippen LogP contribution in [0.3, 0.4) is 0 Å². The number of carbonyl (C=O) groups excluding carboxylic acids is 2. The molecular weight excluding hydrogens is 402 g/mol. The van der Waals surface area contributed by atoms with Crippen molar-refractivity contribution >= 4 is 34.8 Å². The van der Waals surface area contributed by atoms with E-state index in [1.807, 2.05) is 12.1 Å². The van der Waals surface area contributed by atoms with Crippen LogP contribution in [0.1, 0.15) is 40.5 Å². The monoisotopic (exact) mass is 429 g/mol. The van der Waals surface area contributed by atoms with E-state index in [1.54, 1.807) is 37.4 Å². The molecule has 0 spiro atoms. The van der Waals surface area contributed by atoms with E-state index in [9.17, 15) is 9.59 Å². The topological polar surface area (TPSA) is 70.7 Å². The first-order chi connectivity index (χ1) is 14.5. The van der Waals surface area contributed by atoms with E-state index in [4.69, 9.17) is 16.3 Å². The van der Waals surface area contributed by atoms with Gasteiger partial charge in [-0.2, -0.15) is 0 Å². The Kier molecular flexibility index (Phi) is 7.71. The summed E-state index contributed by atoms with van der Waals surface area (Å²) in [7, 11) is 1.60. The molecule has 1 heterocycles. The van der Waals surface area contributed by atoms with E-state index >= 15 is 0 Å². The molecule has 2 aromatic rings. The average Bonchev–Trinajstić information content (AvgIpc) is 2.74. The van der Waals surface area contributed by atoms with Crippen molar-refractivity contribution in [2.24, 2.45) is 5.92 Å². The summed E-state index contributed by atoms with van der Waals surface area (Å²) in [5, 5.41) is 6.25. The number of piperidine rings is 1. The Morgan fingerprint density at radius 3 is 2.60 bits per heavy atom. The molecule has 0 aromatic heterocycles. The molecule has 1 saturated heterocycles. The number of carbonyl (C=O) groups is 2. The van der Waals surface area contributed by atoms with Crippen LogP contribution in [0.25, 0.3) is 0 Å². The number of nitrogens with zero attached hydrogens (tertiary/aromatic N) is 1. The third-order valence-electron chi connectivity index (χ3n) is 5.30. The molecule has 2 N–H and O–H groups in total. The standard InChI is InChI=1S/C23H28ClN3O3/c1-16-8-11-27(12-9-16)21-7-6-19(15-20(21)23(29)25-10-13-30-2)26-22(28)17-4-3-5-18(24)14-17/h3-7,14-16H,8-13H2,1-2H3,(H,25,29)(H,26,28). The summed E-state index contributed by atoms with van der Waals surface area (Å²) in [6.45, 7) is 4.93. The van der Waals surface area contributed by atoms with Crippen LogP contribution in [0.15, 0.2) is 42.5 Å². The molecule has 30 heavy (non-hydrogen) atoms. The van der Waals surface area contributed by atoms with Crippen LogP contribution >= 0.6 is 11.6 Å². The first-order valence-corrected chi connectivity index (χ1v) is 10.6. The summed E-state index contributed by atoms with van der Waals surface area (Å²) in [5.41, 5.74) is 2.45. The van der Waals surface area contributed by atoms with Gasteiger partial charge in [0.15, 0.2) is 0 Å². The quantitative estimate of drug-likeness (QED) is 0.647. The van der Waals surface area contributed by atoms with E-state index in [1.165, 1.54) is 0 Å². The highest BCUT2D eigenvalue weighted by Crippen LogP contribution is 2.29. The van der Waals surface area contributed by atoms with E-state index in [0.717, 1.165) is 31.6 Å². The maximum atomic E-state index is 12.9. The predicted octanol–water partition coefficient (Wildman–Crippen LogP) is 4.20. The second kappa shape index (κ2) is 10.5. The number of rotatable bonds is 7. The number of hydrogen-bond acceptors (Lipinski definition) is 4. The fourth-order valence-corrected chi connectivity index (χ4v) is 3.71. The Morgan fingerprint density at radius 1 is 1.13 bits per heavy atom. The van der Waals surface area contributed by atoms with Gasteiger partial charge in [0, 0.05) is 48.7 Å². The van der Waals surface area contributed by atoms with Crippen LogP contribution in [0.5, 0.6) is 0 Å². The molecule has 7 heteroatoms. The molecule has 0 atom stereocenters. The van der Waals surface area contributed by atoms with Crippen LogP contribution in [0.2, 0.25) is 5.02 Å². The van der Waals surface area contributed by atoms with Gasteiger partial charge < -0.3 is 20.3 Å². The zero-order valence-electron chi connectivity index (χ0n) is 17.4. The largest absolute Gasteiger partial charge is 0.383 e. The summed E-state index contributed by atoms with van der Waals surface area (Å²) in [5.74, 6) is 0.235. The Hall–Kier alpha value is -2.57. The average molecular weight is 430 g/mol. The van der Waals surface area contributed by atoms with Gasteiger partial charge in [-0.3, -0.25) is 9.59 Å². The van der Waals surface area contributed by atoms with Gasteiger partial charge in [-0.25, -0.2) is 0 Å². The molecule has 0 radical (unpaired) electrons. The van der Waals surface area contributed by atoms with Gasteiger partial charge in [-0.1, -0.05) is 24.6 Å². The SMILES string of the molecule is COCCNC(=O)c1cc(NC(=O)c2cccc(Cl)c2)ccc1N1CCC(C)CC1. The minimum absolute atomic E-state index is 0.181. The zero-order chi connectivity index (χ0) is 21.5. The van der Waals surface area contributed by atoms with Gasteiger partial charge in [-0.15, -0.1) is 0 Å². The molecule has 0 aliphatic carbocycles. The van der Waals surface area contributed by atoms with Crippen LogP contribution in [-0.2, 0) is 4.74 Å². The highest BCUT2D eigenvalue weighted by Gasteiger charge is 2.22. The van der Waals surface area contributed by atoms with Crippen molar-refractivity contribution in [2.75, 3.05) is 43.6 Å². The van der Waals surface area contributed by atoms with Gasteiger partial charge in [0.2, 0.25) is 0 Å². The van der Waals surface area contributed by atoms with Crippen LogP contribution in [-0.4, -0.2) is 45.2 Å². The molecule has 3 rings (SSSR count). The highest BCUT2D eigenvalue weighted by atomic mass is 35.5. The van der Waals surface area contributed by atoms with E-state index in [0.29, 0.717) is 40.9 Å². The molecule has 160 valence electrons. The van der Waals surface area contributed by atoms with Gasteiger partial charge in [-0.05, 0) is 55.2 Å². The van der Waals surface area contributed by atoms with E-state index in [-0.39, 0.29) is 11.8 Å². The summed E-state index contributed by atoms with van der Waals surface area (Å²) < 4.78 is 5.03. The Balaban J connectivity index is 1.83. The number of halogens is 1. The lowest BCUT2D eigenvalue weighted by molar-refractivity contribution is 0.0936. The third kappa shape index (κ3) is 5.74. The molecule has 1 fully saturated rings. The van der Waals surface area contributed by atoms with E-state index in [2.05, 4.69) is 22.5 Å². The minimum atomic E-state index is -0.275. The Morgan fingerprint density at radius 2 is 1.90 bits per heavy atom. The van der Waals surface area contributed by atoms with Crippen molar-refractivity contribution in [3.63, 3.8) is 0 Å². The van der Waals surface area contributed by atoms with Gasteiger partial charge in [0.05, 0.1) is 12.2 Å². The normalized spacial score (nSPS) is 14.4. The van der Waals surface area contributed by atoms with Crippen molar-refractivity contribution in [2.45, 2.75) is 19.8 Å². The number of ether oxygens (including phenoxy) is 1. The molecule has 2 aromatic carbocycles. The second-order valence-electron chi connectivity index (χ2n) is 7.61. The fourth-order valence-electron chi connectivity index (χ4n) is 3.52. The first kappa shape index (κ1) is 22.1. The van der Waals surface area contributed by atoms with Crippen LogP contribution in [0.4, 0.5) is 11.4 Å². The molecule has 2 amide bonds. The molecule has 1 aliphatic heterocycles. The number of methoxy groups -OCH3 is 1. The predicted molar refractivity (Wildman–Crippen MR) is 121 cm³/mol. The summed E-state index contributed by atoms with van der Waals surface area (Å²) >= 11 is 5.99. The lowest BCUT2D eigenvalue weighted by atomic mass is 9.97. The molecule has 0 saturated carbocycles. The maximum Gasteiger partial charge on any atom is 0.255 e. The van der Waals surface area contributed by atoms with Crippen molar-refractivity contribution < 1.29 is 14.3 Å². The number of amides is 2. The Labute approximate surface area is 182 Å².